The van der Waals surface area contributed by atoms with Crippen LogP contribution in [0.15, 0.2) is 53.5 Å². The fraction of sp³-hybridized carbons (Fsp3) is 0.292. The molecule has 0 spiro atoms. The molecular formula is C24H29N5O8. The molecule has 0 fully saturated rings. The van der Waals surface area contributed by atoms with Gasteiger partial charge in [-0.2, -0.15) is 0 Å². The van der Waals surface area contributed by atoms with E-state index in [0.29, 0.717) is 17.5 Å². The summed E-state index contributed by atoms with van der Waals surface area (Å²) in [5, 5.41) is 20.2. The molecule has 0 saturated heterocycles. The van der Waals surface area contributed by atoms with Crippen molar-refractivity contribution in [1.29, 1.82) is 0 Å². The Labute approximate surface area is 212 Å². The number of benzene rings is 2. The number of nitrogens with two attached hydrogens (primary N) is 3. The molecule has 13 nitrogen and oxygen atoms in total. The molecule has 0 aliphatic carbocycles. The second-order valence-corrected chi connectivity index (χ2v) is 7.85. The fourth-order valence-electron chi connectivity index (χ4n) is 3.34. The molecule has 37 heavy (non-hydrogen) atoms. The lowest BCUT2D eigenvalue weighted by molar-refractivity contribution is -0.140. The van der Waals surface area contributed by atoms with E-state index in [1.807, 2.05) is 0 Å². The van der Waals surface area contributed by atoms with Crippen LogP contribution >= 0.6 is 0 Å². The lowest BCUT2D eigenvalue weighted by atomic mass is 9.90. The van der Waals surface area contributed by atoms with Gasteiger partial charge in [-0.1, -0.05) is 24.3 Å². The summed E-state index contributed by atoms with van der Waals surface area (Å²) >= 11 is 0. The van der Waals surface area contributed by atoms with Gasteiger partial charge in [0.05, 0.1) is 5.92 Å². The molecule has 0 aliphatic heterocycles. The topological polar surface area (TPSA) is 230 Å². The van der Waals surface area contributed by atoms with Crippen LogP contribution in [0.2, 0.25) is 0 Å². The number of carboxylic acids is 2. The monoisotopic (exact) mass is 515 g/mol. The number of amides is 2. The summed E-state index contributed by atoms with van der Waals surface area (Å²) in [6.45, 7) is -0.802. The Hall–Kier alpha value is -4.81. The number of nitrogens with one attached hydrogen (secondary N) is 1. The van der Waals surface area contributed by atoms with E-state index in [4.69, 9.17) is 36.9 Å². The van der Waals surface area contributed by atoms with Gasteiger partial charge in [0.2, 0.25) is 11.8 Å². The summed E-state index contributed by atoms with van der Waals surface area (Å²) in [5.41, 5.74) is 17.1. The molecule has 2 amide bonds. The molecule has 0 radical (unpaired) electrons. The third-order valence-corrected chi connectivity index (χ3v) is 5.02. The molecule has 2 aromatic rings. The minimum absolute atomic E-state index is 0.0914. The summed E-state index contributed by atoms with van der Waals surface area (Å²) in [6.07, 6.45) is 0.593. The smallest absolute Gasteiger partial charge is 0.341 e. The molecular weight excluding hydrogens is 486 g/mol. The number of guanidine groups is 1. The Kier molecular flexibility index (Phi) is 10.7. The van der Waals surface area contributed by atoms with Gasteiger partial charge < -0.3 is 42.2 Å². The van der Waals surface area contributed by atoms with Crippen molar-refractivity contribution in [3.8, 4) is 11.5 Å². The van der Waals surface area contributed by atoms with Crippen LogP contribution in [-0.4, -0.2) is 65.7 Å². The minimum atomic E-state index is -1.14. The molecule has 1 atom stereocenters. The zero-order chi connectivity index (χ0) is 27.4. The second kappa shape index (κ2) is 13.9. The molecule has 13 heteroatoms. The SMILES string of the molecule is NC(=O)[C@H](CCCN=C(N)N)NC(=O)C(c1ccc(OCC(=O)O)cc1)c1ccc(OCC(=O)O)cc1. The number of hydrogen-bond acceptors (Lipinski definition) is 7. The minimum Gasteiger partial charge on any atom is -0.482 e. The van der Waals surface area contributed by atoms with Gasteiger partial charge in [0, 0.05) is 6.54 Å². The highest BCUT2D eigenvalue weighted by Crippen LogP contribution is 2.28. The van der Waals surface area contributed by atoms with Crippen molar-refractivity contribution in [2.45, 2.75) is 24.8 Å². The normalized spacial score (nSPS) is 11.3. The summed E-state index contributed by atoms with van der Waals surface area (Å²) in [7, 11) is 0. The number of nitrogens with zero attached hydrogens (tertiary/aromatic N) is 1. The average molecular weight is 516 g/mol. The third kappa shape index (κ3) is 9.76. The number of aliphatic imine (C=N–C) groups is 1. The van der Waals surface area contributed by atoms with Gasteiger partial charge in [-0.15, -0.1) is 0 Å². The molecule has 0 aromatic heterocycles. The van der Waals surface area contributed by atoms with Crippen molar-refractivity contribution in [2.24, 2.45) is 22.2 Å². The first kappa shape index (κ1) is 28.4. The first-order chi connectivity index (χ1) is 17.6. The largest absolute Gasteiger partial charge is 0.482 e. The maximum absolute atomic E-state index is 13.4. The quantitative estimate of drug-likeness (QED) is 0.104. The van der Waals surface area contributed by atoms with Crippen molar-refractivity contribution in [3.63, 3.8) is 0 Å². The predicted molar refractivity (Wildman–Crippen MR) is 132 cm³/mol. The highest BCUT2D eigenvalue weighted by molar-refractivity contribution is 5.92. The van der Waals surface area contributed by atoms with E-state index in [1.54, 1.807) is 24.3 Å². The highest BCUT2D eigenvalue weighted by atomic mass is 16.5. The van der Waals surface area contributed by atoms with Gasteiger partial charge in [0.1, 0.15) is 17.5 Å². The second-order valence-electron chi connectivity index (χ2n) is 7.85. The zero-order valence-corrected chi connectivity index (χ0v) is 19.8. The van der Waals surface area contributed by atoms with Crippen LogP contribution in [0.5, 0.6) is 11.5 Å². The average Bonchev–Trinajstić information content (AvgIpc) is 2.84. The first-order valence-corrected chi connectivity index (χ1v) is 11.1. The van der Waals surface area contributed by atoms with Crippen molar-refractivity contribution < 1.29 is 38.9 Å². The summed E-state index contributed by atoms with van der Waals surface area (Å²) in [5.74, 6) is -3.94. The van der Waals surface area contributed by atoms with Gasteiger partial charge in [0.25, 0.3) is 0 Å². The van der Waals surface area contributed by atoms with E-state index in [-0.39, 0.29) is 30.4 Å². The Bertz CT molecular complexity index is 1050. The molecule has 0 heterocycles. The highest BCUT2D eigenvalue weighted by Gasteiger charge is 2.27. The van der Waals surface area contributed by atoms with Crippen molar-refractivity contribution in [2.75, 3.05) is 19.8 Å². The number of carboxylic acid groups (broad SMARTS) is 2. The van der Waals surface area contributed by atoms with Gasteiger partial charge in [-0.3, -0.25) is 14.6 Å². The third-order valence-electron chi connectivity index (χ3n) is 5.02. The van der Waals surface area contributed by atoms with Gasteiger partial charge in [-0.05, 0) is 48.2 Å². The number of hydrogen-bond donors (Lipinski definition) is 6. The Morgan fingerprint density at radius 2 is 1.27 bits per heavy atom. The number of ether oxygens (including phenoxy) is 2. The summed E-state index contributed by atoms with van der Waals surface area (Å²) < 4.78 is 10.3. The number of primary amides is 1. The van der Waals surface area contributed by atoms with Crippen LogP contribution in [0.1, 0.15) is 29.9 Å². The first-order valence-electron chi connectivity index (χ1n) is 11.1. The molecule has 0 bridgehead atoms. The Balaban J connectivity index is 2.29. The van der Waals surface area contributed by atoms with Crippen molar-refractivity contribution in [3.05, 3.63) is 59.7 Å². The zero-order valence-electron chi connectivity index (χ0n) is 19.8. The number of aliphatic carboxylic acids is 2. The summed E-state index contributed by atoms with van der Waals surface area (Å²) in [6, 6.07) is 11.5. The van der Waals surface area contributed by atoms with E-state index < -0.39 is 48.9 Å². The van der Waals surface area contributed by atoms with E-state index in [0.717, 1.165) is 0 Å². The van der Waals surface area contributed by atoms with Crippen LogP contribution in [0, 0.1) is 0 Å². The predicted octanol–water partition coefficient (Wildman–Crippen LogP) is -0.231. The standard InChI is InChI=1S/C24H29N5O8/c25-22(34)18(2-1-11-28-24(26)27)29-23(35)21(14-3-7-16(8-4-14)36-12-19(30)31)15-5-9-17(10-6-15)37-13-20(32)33/h3-10,18,21H,1-2,11-13H2,(H2,25,34)(H,29,35)(H,30,31)(H,32,33)(H4,26,27,28)/t18-/m0/s1. The van der Waals surface area contributed by atoms with Crippen LogP contribution in [0.25, 0.3) is 0 Å². The lowest BCUT2D eigenvalue weighted by Crippen LogP contribution is -2.46. The van der Waals surface area contributed by atoms with Crippen molar-refractivity contribution >= 4 is 29.7 Å². The van der Waals surface area contributed by atoms with E-state index >= 15 is 0 Å². The van der Waals surface area contributed by atoms with Gasteiger partial charge in [0.15, 0.2) is 19.2 Å². The van der Waals surface area contributed by atoms with Crippen molar-refractivity contribution in [1.82, 2.24) is 5.32 Å². The molecule has 0 unspecified atom stereocenters. The molecule has 198 valence electrons. The lowest BCUT2D eigenvalue weighted by Gasteiger charge is -2.22. The van der Waals surface area contributed by atoms with Gasteiger partial charge >= 0.3 is 11.9 Å². The van der Waals surface area contributed by atoms with Crippen LogP contribution in [0.4, 0.5) is 0 Å². The van der Waals surface area contributed by atoms with Crippen LogP contribution in [-0.2, 0) is 19.2 Å². The maximum Gasteiger partial charge on any atom is 0.341 e. The molecule has 2 aromatic carbocycles. The number of carbonyl (C=O) groups excluding carboxylic acids is 2. The fourth-order valence-corrected chi connectivity index (χ4v) is 3.34. The van der Waals surface area contributed by atoms with Crippen LogP contribution < -0.4 is 32.0 Å². The number of rotatable bonds is 15. The Morgan fingerprint density at radius 1 is 0.811 bits per heavy atom. The van der Waals surface area contributed by atoms with Gasteiger partial charge in [-0.25, -0.2) is 9.59 Å². The van der Waals surface area contributed by atoms with E-state index in [2.05, 4.69) is 10.3 Å². The molecule has 0 saturated carbocycles. The summed E-state index contributed by atoms with van der Waals surface area (Å²) in [4.78, 5) is 50.7. The molecule has 2 rings (SSSR count). The number of carbonyl (C=O) groups is 4. The molecule has 9 N–H and O–H groups in total. The Morgan fingerprint density at radius 3 is 1.65 bits per heavy atom. The van der Waals surface area contributed by atoms with E-state index in [1.165, 1.54) is 24.3 Å². The van der Waals surface area contributed by atoms with E-state index in [9.17, 15) is 19.2 Å². The maximum atomic E-state index is 13.4. The van der Waals surface area contributed by atoms with Crippen LogP contribution in [0.3, 0.4) is 0 Å². The molecule has 0 aliphatic rings.